The van der Waals surface area contributed by atoms with Gasteiger partial charge in [-0.2, -0.15) is 0 Å². The van der Waals surface area contributed by atoms with E-state index >= 15 is 0 Å². The first-order valence-electron chi connectivity index (χ1n) is 10.6. The summed E-state index contributed by atoms with van der Waals surface area (Å²) in [6, 6.07) is 18.8. The van der Waals surface area contributed by atoms with Crippen molar-refractivity contribution >= 4 is 23.1 Å². The molecule has 0 unspecified atom stereocenters. The van der Waals surface area contributed by atoms with Crippen LogP contribution in [0.5, 0.6) is 0 Å². The number of nitrogens with one attached hydrogen (secondary N) is 1. The van der Waals surface area contributed by atoms with E-state index < -0.39 is 11.2 Å². The maximum absolute atomic E-state index is 13.0. The molecule has 8 nitrogen and oxygen atoms in total. The molecule has 8 heteroatoms. The second-order valence-corrected chi connectivity index (χ2v) is 7.92. The highest BCUT2D eigenvalue weighted by atomic mass is 16.5. The van der Waals surface area contributed by atoms with Gasteiger partial charge in [0.1, 0.15) is 12.5 Å². The fraction of sp³-hybridized carbons (Fsp3) is 0.292. The third-order valence-electron chi connectivity index (χ3n) is 5.38. The molecular weight excluding hydrogens is 408 g/mol. The average Bonchev–Trinajstić information content (AvgIpc) is 2.94. The van der Waals surface area contributed by atoms with Gasteiger partial charge in [0.05, 0.1) is 6.61 Å². The Morgan fingerprint density at radius 3 is 2.28 bits per heavy atom. The normalized spacial score (nSPS) is 13.9. The number of fused-ring (bicyclic) bond motifs is 1. The van der Waals surface area contributed by atoms with Crippen molar-refractivity contribution in [2.24, 2.45) is 0 Å². The Bertz CT molecular complexity index is 1200. The molecule has 2 heterocycles. The zero-order chi connectivity index (χ0) is 22.7. The van der Waals surface area contributed by atoms with E-state index in [9.17, 15) is 14.4 Å². The van der Waals surface area contributed by atoms with Crippen LogP contribution in [0, 0.1) is 0 Å². The first kappa shape index (κ1) is 21.6. The summed E-state index contributed by atoms with van der Waals surface area (Å²) in [5, 5.41) is 0. The topological polar surface area (TPSA) is 87.6 Å². The molecule has 0 aliphatic carbocycles. The molecule has 1 N–H and O–H groups in total. The van der Waals surface area contributed by atoms with Crippen molar-refractivity contribution < 1.29 is 9.53 Å². The van der Waals surface area contributed by atoms with Gasteiger partial charge in [0.15, 0.2) is 5.69 Å². The SMILES string of the molecule is CC(C)N1C(=O)CCN(c2ccccc2)c2c1c(=O)[nH]c(=O)n2COCc1ccccc1. The van der Waals surface area contributed by atoms with Crippen LogP contribution in [0.25, 0.3) is 0 Å². The lowest BCUT2D eigenvalue weighted by Crippen LogP contribution is -2.43. The van der Waals surface area contributed by atoms with Crippen molar-refractivity contribution in [2.75, 3.05) is 16.3 Å². The largest absolute Gasteiger partial charge is 0.356 e. The fourth-order valence-corrected chi connectivity index (χ4v) is 3.95. The van der Waals surface area contributed by atoms with Crippen LogP contribution in [0.15, 0.2) is 70.3 Å². The van der Waals surface area contributed by atoms with E-state index in [1.54, 1.807) is 0 Å². The van der Waals surface area contributed by atoms with Gasteiger partial charge < -0.3 is 14.5 Å². The van der Waals surface area contributed by atoms with Gasteiger partial charge in [0, 0.05) is 24.7 Å². The van der Waals surface area contributed by atoms with E-state index in [0.29, 0.717) is 19.0 Å². The molecule has 0 fully saturated rings. The minimum atomic E-state index is -0.589. The maximum atomic E-state index is 13.0. The van der Waals surface area contributed by atoms with Gasteiger partial charge in [0.25, 0.3) is 5.56 Å². The van der Waals surface area contributed by atoms with E-state index in [1.807, 2.05) is 79.4 Å². The number of aromatic amines is 1. The highest BCUT2D eigenvalue weighted by Gasteiger charge is 2.34. The molecule has 1 aromatic heterocycles. The number of hydrogen-bond acceptors (Lipinski definition) is 5. The molecule has 0 saturated carbocycles. The highest BCUT2D eigenvalue weighted by molar-refractivity contribution is 5.99. The Balaban J connectivity index is 1.84. The van der Waals surface area contributed by atoms with Crippen LogP contribution in [0.3, 0.4) is 0 Å². The summed E-state index contributed by atoms with van der Waals surface area (Å²) in [5.74, 6) is 0.193. The molecule has 32 heavy (non-hydrogen) atoms. The first-order chi connectivity index (χ1) is 15.5. The summed E-state index contributed by atoms with van der Waals surface area (Å²) < 4.78 is 7.24. The number of carbonyl (C=O) groups excluding carboxylic acids is 1. The van der Waals surface area contributed by atoms with Gasteiger partial charge in [-0.05, 0) is 31.5 Å². The summed E-state index contributed by atoms with van der Waals surface area (Å²) in [7, 11) is 0. The minimum Gasteiger partial charge on any atom is -0.356 e. The summed E-state index contributed by atoms with van der Waals surface area (Å²) >= 11 is 0. The second-order valence-electron chi connectivity index (χ2n) is 7.92. The molecule has 0 saturated heterocycles. The van der Waals surface area contributed by atoms with Gasteiger partial charge in [-0.3, -0.25) is 19.1 Å². The number of anilines is 3. The van der Waals surface area contributed by atoms with E-state index in [0.717, 1.165) is 11.3 Å². The molecule has 4 rings (SSSR count). The third-order valence-corrected chi connectivity index (χ3v) is 5.38. The Labute approximate surface area is 185 Å². The molecule has 166 valence electrons. The maximum Gasteiger partial charge on any atom is 0.331 e. The zero-order valence-electron chi connectivity index (χ0n) is 18.2. The predicted octanol–water partition coefficient (Wildman–Crippen LogP) is 2.99. The fourth-order valence-electron chi connectivity index (χ4n) is 3.95. The smallest absolute Gasteiger partial charge is 0.331 e. The molecule has 0 radical (unpaired) electrons. The van der Waals surface area contributed by atoms with Crippen LogP contribution < -0.4 is 21.0 Å². The molecule has 2 aromatic carbocycles. The van der Waals surface area contributed by atoms with Crippen LogP contribution in [-0.4, -0.2) is 28.0 Å². The summed E-state index contributed by atoms with van der Waals surface area (Å²) in [6.07, 6.45) is 0.209. The lowest BCUT2D eigenvalue weighted by Gasteiger charge is -2.30. The van der Waals surface area contributed by atoms with Crippen molar-refractivity contribution in [1.82, 2.24) is 9.55 Å². The summed E-state index contributed by atoms with van der Waals surface area (Å²) in [4.78, 5) is 44.6. The molecule has 1 amide bonds. The number of amides is 1. The van der Waals surface area contributed by atoms with Crippen molar-refractivity contribution in [2.45, 2.75) is 39.6 Å². The number of ether oxygens (including phenoxy) is 1. The van der Waals surface area contributed by atoms with Gasteiger partial charge >= 0.3 is 5.69 Å². The lowest BCUT2D eigenvalue weighted by molar-refractivity contribution is -0.118. The van der Waals surface area contributed by atoms with Crippen molar-refractivity contribution in [1.29, 1.82) is 0 Å². The summed E-state index contributed by atoms with van der Waals surface area (Å²) in [5.41, 5.74) is 0.744. The Hall–Kier alpha value is -3.65. The average molecular weight is 434 g/mol. The number of hydrogen-bond donors (Lipinski definition) is 1. The lowest BCUT2D eigenvalue weighted by atomic mass is 10.2. The van der Waals surface area contributed by atoms with Gasteiger partial charge in [-0.25, -0.2) is 4.79 Å². The number of carbonyl (C=O) groups is 1. The zero-order valence-corrected chi connectivity index (χ0v) is 18.2. The highest BCUT2D eigenvalue weighted by Crippen LogP contribution is 2.35. The quantitative estimate of drug-likeness (QED) is 0.645. The molecule has 0 atom stereocenters. The number of benzene rings is 2. The van der Waals surface area contributed by atoms with E-state index in [4.69, 9.17) is 4.74 Å². The molecule has 0 spiro atoms. The van der Waals surface area contributed by atoms with E-state index in [2.05, 4.69) is 4.98 Å². The standard InChI is InChI=1S/C24H26N4O4/c1-17(2)28-20(29)13-14-26(19-11-7-4-8-12-19)23-21(28)22(30)25-24(31)27(23)16-32-15-18-9-5-3-6-10-18/h3-12,17H,13-16H2,1-2H3,(H,25,30,31). The molecule has 1 aliphatic heterocycles. The Morgan fingerprint density at radius 2 is 1.62 bits per heavy atom. The van der Waals surface area contributed by atoms with Crippen molar-refractivity contribution in [3.63, 3.8) is 0 Å². The number of nitrogens with zero attached hydrogens (tertiary/aromatic N) is 3. The second kappa shape index (κ2) is 9.23. The molecule has 1 aliphatic rings. The molecule has 0 bridgehead atoms. The van der Waals surface area contributed by atoms with Crippen LogP contribution in [-0.2, 0) is 22.9 Å². The number of aromatic nitrogens is 2. The van der Waals surface area contributed by atoms with Crippen LogP contribution in [0.4, 0.5) is 17.2 Å². The van der Waals surface area contributed by atoms with Crippen LogP contribution in [0.1, 0.15) is 25.8 Å². The van der Waals surface area contributed by atoms with Crippen LogP contribution in [0.2, 0.25) is 0 Å². The third kappa shape index (κ3) is 4.22. The number of para-hydroxylation sites is 1. The Kier molecular flexibility index (Phi) is 6.23. The van der Waals surface area contributed by atoms with E-state index in [1.165, 1.54) is 9.47 Å². The summed E-state index contributed by atoms with van der Waals surface area (Å²) in [6.45, 7) is 4.26. The number of H-pyrrole nitrogens is 1. The minimum absolute atomic E-state index is 0.0731. The van der Waals surface area contributed by atoms with Crippen LogP contribution >= 0.6 is 0 Å². The number of rotatable bonds is 6. The monoisotopic (exact) mass is 434 g/mol. The molecule has 3 aromatic rings. The van der Waals surface area contributed by atoms with Crippen molar-refractivity contribution in [3.8, 4) is 0 Å². The molecular formula is C24H26N4O4. The van der Waals surface area contributed by atoms with E-state index in [-0.39, 0.29) is 30.8 Å². The Morgan fingerprint density at radius 1 is 0.969 bits per heavy atom. The van der Waals surface area contributed by atoms with Gasteiger partial charge in [0.2, 0.25) is 5.91 Å². The first-order valence-corrected chi connectivity index (χ1v) is 10.6. The van der Waals surface area contributed by atoms with Crippen molar-refractivity contribution in [3.05, 3.63) is 87.1 Å². The van der Waals surface area contributed by atoms with Gasteiger partial charge in [-0.1, -0.05) is 48.5 Å². The predicted molar refractivity (Wildman–Crippen MR) is 123 cm³/mol. The van der Waals surface area contributed by atoms with Gasteiger partial charge in [-0.15, -0.1) is 0 Å².